The Morgan fingerprint density at radius 3 is 2.50 bits per heavy atom. The summed E-state index contributed by atoms with van der Waals surface area (Å²) in [5.41, 5.74) is -1.86. The SMILES string of the molecule is Cc1csc([C@@](O)(CC(=O)NCc2c(C)noc2C)C(F)(F)F)n1. The first-order valence-corrected chi connectivity index (χ1v) is 7.82. The number of nitrogens with zero attached hydrogens (tertiary/aromatic N) is 2. The number of aromatic nitrogens is 2. The van der Waals surface area contributed by atoms with E-state index in [0.717, 1.165) is 0 Å². The Morgan fingerprint density at radius 1 is 1.38 bits per heavy atom. The van der Waals surface area contributed by atoms with E-state index in [-0.39, 0.29) is 6.54 Å². The zero-order chi connectivity index (χ0) is 18.1. The van der Waals surface area contributed by atoms with Crippen LogP contribution < -0.4 is 5.32 Å². The lowest BCUT2D eigenvalue weighted by atomic mass is 9.99. The van der Waals surface area contributed by atoms with Crippen LogP contribution in [-0.4, -0.2) is 27.3 Å². The van der Waals surface area contributed by atoms with Crippen LogP contribution in [0.25, 0.3) is 0 Å². The minimum atomic E-state index is -5.03. The van der Waals surface area contributed by atoms with E-state index in [1.807, 2.05) is 0 Å². The summed E-state index contributed by atoms with van der Waals surface area (Å²) in [6.45, 7) is 4.76. The van der Waals surface area contributed by atoms with E-state index >= 15 is 0 Å². The monoisotopic (exact) mass is 363 g/mol. The standard InChI is InChI=1S/C14H16F3N3O3S/c1-7-6-24-12(19-7)13(22,14(15,16)17)4-11(21)18-5-10-8(2)20-23-9(10)3/h6,22H,4-5H2,1-3H3,(H,18,21)/t13-/m0/s1. The first kappa shape index (κ1) is 18.4. The van der Waals surface area contributed by atoms with E-state index in [2.05, 4.69) is 15.5 Å². The van der Waals surface area contributed by atoms with Gasteiger partial charge in [0.2, 0.25) is 11.5 Å². The molecule has 0 aliphatic carbocycles. The Labute approximate surface area is 139 Å². The Bertz CT molecular complexity index is 722. The third-order valence-electron chi connectivity index (χ3n) is 3.50. The molecule has 1 atom stereocenters. The van der Waals surface area contributed by atoms with E-state index in [1.54, 1.807) is 13.8 Å². The molecule has 2 heterocycles. The topological polar surface area (TPSA) is 88.2 Å². The Balaban J connectivity index is 2.14. The van der Waals surface area contributed by atoms with Crippen LogP contribution in [0.3, 0.4) is 0 Å². The van der Waals surface area contributed by atoms with Gasteiger partial charge < -0.3 is 14.9 Å². The number of halogens is 3. The highest BCUT2D eigenvalue weighted by Gasteiger charge is 2.58. The van der Waals surface area contributed by atoms with E-state index in [9.17, 15) is 23.1 Å². The molecular weight excluding hydrogens is 347 g/mol. The smallest absolute Gasteiger partial charge is 0.374 e. The van der Waals surface area contributed by atoms with Gasteiger partial charge in [0.25, 0.3) is 0 Å². The van der Waals surface area contributed by atoms with Gasteiger partial charge in [-0.2, -0.15) is 13.2 Å². The van der Waals surface area contributed by atoms with Gasteiger partial charge in [0, 0.05) is 23.2 Å². The predicted octanol–water partition coefficient (Wildman–Crippen LogP) is 2.51. The number of carbonyl (C=O) groups is 1. The van der Waals surface area contributed by atoms with Crippen LogP contribution in [0.1, 0.15) is 34.1 Å². The Morgan fingerprint density at radius 2 is 2.04 bits per heavy atom. The van der Waals surface area contributed by atoms with Crippen LogP contribution in [0.2, 0.25) is 0 Å². The Kier molecular flexibility index (Phi) is 5.00. The van der Waals surface area contributed by atoms with Crippen LogP contribution in [0.4, 0.5) is 13.2 Å². The molecule has 132 valence electrons. The van der Waals surface area contributed by atoms with Crippen LogP contribution in [0, 0.1) is 20.8 Å². The summed E-state index contributed by atoms with van der Waals surface area (Å²) in [4.78, 5) is 15.6. The van der Waals surface area contributed by atoms with Gasteiger partial charge >= 0.3 is 6.18 Å². The van der Waals surface area contributed by atoms with E-state index in [0.29, 0.717) is 34.0 Å². The van der Waals surface area contributed by atoms with Crippen molar-refractivity contribution in [1.82, 2.24) is 15.5 Å². The predicted molar refractivity (Wildman–Crippen MR) is 79.2 cm³/mol. The van der Waals surface area contributed by atoms with Crippen molar-refractivity contribution in [2.24, 2.45) is 0 Å². The second-order valence-electron chi connectivity index (χ2n) is 5.41. The molecule has 2 aromatic heterocycles. The van der Waals surface area contributed by atoms with Gasteiger partial charge in [-0.05, 0) is 20.8 Å². The highest BCUT2D eigenvalue weighted by Crippen LogP contribution is 2.42. The van der Waals surface area contributed by atoms with Crippen LogP contribution in [0.5, 0.6) is 0 Å². The summed E-state index contributed by atoms with van der Waals surface area (Å²) in [7, 11) is 0. The molecule has 0 aromatic carbocycles. The molecule has 0 spiro atoms. The summed E-state index contributed by atoms with van der Waals surface area (Å²) < 4.78 is 44.9. The fraction of sp³-hybridized carbons (Fsp3) is 0.500. The molecule has 0 radical (unpaired) electrons. The first-order valence-electron chi connectivity index (χ1n) is 6.94. The van der Waals surface area contributed by atoms with Crippen molar-refractivity contribution < 1.29 is 27.6 Å². The molecule has 2 N–H and O–H groups in total. The number of aryl methyl sites for hydroxylation is 3. The zero-order valence-corrected chi connectivity index (χ0v) is 14.0. The van der Waals surface area contributed by atoms with Crippen molar-refractivity contribution in [1.29, 1.82) is 0 Å². The third kappa shape index (κ3) is 3.59. The highest BCUT2D eigenvalue weighted by atomic mass is 32.1. The molecular formula is C14H16F3N3O3S. The fourth-order valence-corrected chi connectivity index (χ4v) is 2.99. The average Bonchev–Trinajstić information content (AvgIpc) is 3.03. The summed E-state index contributed by atoms with van der Waals surface area (Å²) in [6.07, 6.45) is -6.20. The summed E-state index contributed by atoms with van der Waals surface area (Å²) in [5, 5.41) is 17.0. The molecule has 0 saturated carbocycles. The molecule has 0 aliphatic rings. The maximum Gasteiger partial charge on any atom is 0.424 e. The average molecular weight is 363 g/mol. The van der Waals surface area contributed by atoms with Crippen molar-refractivity contribution in [2.45, 2.75) is 45.5 Å². The van der Waals surface area contributed by atoms with E-state index in [1.165, 1.54) is 12.3 Å². The third-order valence-corrected chi connectivity index (χ3v) is 4.61. The van der Waals surface area contributed by atoms with Gasteiger partial charge in [0.05, 0.1) is 12.1 Å². The quantitative estimate of drug-likeness (QED) is 0.852. The van der Waals surface area contributed by atoms with Crippen molar-refractivity contribution in [2.75, 3.05) is 0 Å². The summed E-state index contributed by atoms with van der Waals surface area (Å²) in [6, 6.07) is 0. The van der Waals surface area contributed by atoms with Gasteiger partial charge in [0.15, 0.2) is 0 Å². The van der Waals surface area contributed by atoms with Gasteiger partial charge in [-0.25, -0.2) is 4.98 Å². The van der Waals surface area contributed by atoms with Crippen LogP contribution >= 0.6 is 11.3 Å². The molecule has 2 aromatic rings. The van der Waals surface area contributed by atoms with Gasteiger partial charge in [-0.3, -0.25) is 4.79 Å². The molecule has 0 fully saturated rings. The number of carbonyl (C=O) groups excluding carboxylic acids is 1. The molecule has 1 amide bonds. The second-order valence-corrected chi connectivity index (χ2v) is 6.27. The molecule has 2 rings (SSSR count). The lowest BCUT2D eigenvalue weighted by Gasteiger charge is -2.27. The molecule has 0 saturated heterocycles. The largest absolute Gasteiger partial charge is 0.424 e. The molecule has 0 bridgehead atoms. The minimum absolute atomic E-state index is 0.0369. The number of hydrogen-bond donors (Lipinski definition) is 2. The summed E-state index contributed by atoms with van der Waals surface area (Å²) in [5.74, 6) is -0.489. The number of thiazole rings is 1. The molecule has 10 heteroatoms. The van der Waals surface area contributed by atoms with Crippen molar-refractivity contribution in [3.05, 3.63) is 33.1 Å². The number of alkyl halides is 3. The lowest BCUT2D eigenvalue weighted by Crippen LogP contribution is -2.46. The van der Waals surface area contributed by atoms with E-state index in [4.69, 9.17) is 4.52 Å². The molecule has 6 nitrogen and oxygen atoms in total. The minimum Gasteiger partial charge on any atom is -0.374 e. The van der Waals surface area contributed by atoms with Gasteiger partial charge in [0.1, 0.15) is 10.8 Å². The van der Waals surface area contributed by atoms with Crippen LogP contribution in [0.15, 0.2) is 9.90 Å². The molecule has 0 aliphatic heterocycles. The number of amides is 1. The molecule has 0 unspecified atom stereocenters. The first-order chi connectivity index (χ1) is 11.0. The van der Waals surface area contributed by atoms with Crippen molar-refractivity contribution in [3.63, 3.8) is 0 Å². The van der Waals surface area contributed by atoms with E-state index < -0.39 is 29.1 Å². The van der Waals surface area contributed by atoms with Crippen molar-refractivity contribution >= 4 is 17.2 Å². The maximum atomic E-state index is 13.3. The number of hydrogen-bond acceptors (Lipinski definition) is 6. The number of rotatable bonds is 5. The highest BCUT2D eigenvalue weighted by molar-refractivity contribution is 7.09. The zero-order valence-electron chi connectivity index (χ0n) is 13.2. The lowest BCUT2D eigenvalue weighted by molar-refractivity contribution is -0.267. The maximum absolute atomic E-state index is 13.3. The van der Waals surface area contributed by atoms with Gasteiger partial charge in [-0.15, -0.1) is 11.3 Å². The van der Waals surface area contributed by atoms with Crippen molar-refractivity contribution in [3.8, 4) is 0 Å². The van der Waals surface area contributed by atoms with Gasteiger partial charge in [-0.1, -0.05) is 5.16 Å². The Hall–Kier alpha value is -1.94. The molecule has 24 heavy (non-hydrogen) atoms. The number of aliphatic hydroxyl groups is 1. The number of nitrogens with one attached hydrogen (secondary N) is 1. The fourth-order valence-electron chi connectivity index (χ4n) is 2.08. The van der Waals surface area contributed by atoms with Crippen LogP contribution in [-0.2, 0) is 16.9 Å². The summed E-state index contributed by atoms with van der Waals surface area (Å²) >= 11 is 0.660. The normalized spacial score (nSPS) is 14.5. The second kappa shape index (κ2) is 6.52.